The van der Waals surface area contributed by atoms with E-state index in [2.05, 4.69) is 5.32 Å². The summed E-state index contributed by atoms with van der Waals surface area (Å²) in [6, 6.07) is 19.2. The number of carbonyl (C=O) groups excluding carboxylic acids is 2. The van der Waals surface area contributed by atoms with E-state index in [1.807, 2.05) is 32.9 Å². The Labute approximate surface area is 247 Å². The van der Waals surface area contributed by atoms with Crippen molar-refractivity contribution < 1.29 is 18.0 Å². The second-order valence-corrected chi connectivity index (χ2v) is 12.0. The first-order valence-corrected chi connectivity index (χ1v) is 15.5. The lowest BCUT2D eigenvalue weighted by Gasteiger charge is -2.33. The topological polar surface area (TPSA) is 86.8 Å². The number of sulfonamides is 1. The molecule has 0 aromatic heterocycles. The van der Waals surface area contributed by atoms with Gasteiger partial charge in [-0.2, -0.15) is 0 Å². The number of rotatable bonds is 13. The second-order valence-electron chi connectivity index (χ2n) is 9.33. The predicted molar refractivity (Wildman–Crippen MR) is 161 cm³/mol. The number of nitrogens with one attached hydrogen (secondary N) is 1. The fourth-order valence-corrected chi connectivity index (χ4v) is 6.02. The minimum Gasteiger partial charge on any atom is -0.354 e. The molecule has 7 nitrogen and oxygen atoms in total. The maximum absolute atomic E-state index is 14.0. The van der Waals surface area contributed by atoms with E-state index < -0.39 is 28.5 Å². The number of hydrogen-bond acceptors (Lipinski definition) is 4. The molecule has 3 aromatic carbocycles. The Kier molecular flexibility index (Phi) is 11.4. The molecule has 0 aliphatic rings. The van der Waals surface area contributed by atoms with Crippen molar-refractivity contribution in [2.45, 2.75) is 57.5 Å². The van der Waals surface area contributed by atoms with Crippen LogP contribution >= 0.6 is 23.2 Å². The lowest BCUT2D eigenvalue weighted by atomic mass is 10.1. The minimum absolute atomic E-state index is 0.0434. The molecular formula is C30H35Cl2N3O4S. The zero-order chi connectivity index (χ0) is 29.3. The molecule has 0 saturated carbocycles. The van der Waals surface area contributed by atoms with Crippen LogP contribution in [0.25, 0.3) is 0 Å². The third-order valence-electron chi connectivity index (χ3n) is 6.51. The van der Waals surface area contributed by atoms with Gasteiger partial charge in [0.25, 0.3) is 10.0 Å². The first-order valence-electron chi connectivity index (χ1n) is 13.3. The molecule has 0 saturated heterocycles. The van der Waals surface area contributed by atoms with Crippen molar-refractivity contribution in [3.8, 4) is 0 Å². The normalized spacial score (nSPS) is 12.0. The highest BCUT2D eigenvalue weighted by Crippen LogP contribution is 2.27. The highest BCUT2D eigenvalue weighted by Gasteiger charge is 2.33. The Balaban J connectivity index is 2.05. The van der Waals surface area contributed by atoms with Gasteiger partial charge >= 0.3 is 0 Å². The molecule has 0 bridgehead atoms. The molecule has 0 aliphatic heterocycles. The number of halogens is 2. The number of nitrogens with zero attached hydrogens (tertiary/aromatic N) is 2. The minimum atomic E-state index is -4.11. The largest absolute Gasteiger partial charge is 0.354 e. The van der Waals surface area contributed by atoms with Gasteiger partial charge in [0, 0.05) is 13.1 Å². The van der Waals surface area contributed by atoms with Crippen molar-refractivity contribution >= 4 is 50.7 Å². The van der Waals surface area contributed by atoms with Gasteiger partial charge in [0.1, 0.15) is 12.6 Å². The Bertz CT molecular complexity index is 1400. The standard InChI is InChI=1S/C30H35Cl2N3O4S/c1-4-18-33-30(37)28(6-3)34(20-23-14-17-26(31)27(32)19-23)29(36)21-35(24-15-12-22(5-2)13-16-24)40(38,39)25-10-8-7-9-11-25/h7-17,19,28H,4-6,18,20-21H2,1-3H3,(H,33,37)/t28-/m1/s1. The number of carbonyl (C=O) groups is 2. The van der Waals surface area contributed by atoms with Crippen molar-refractivity contribution in [2.24, 2.45) is 0 Å². The molecular weight excluding hydrogens is 569 g/mol. The van der Waals surface area contributed by atoms with Gasteiger partial charge in [-0.3, -0.25) is 13.9 Å². The molecule has 1 N–H and O–H groups in total. The van der Waals surface area contributed by atoms with Gasteiger partial charge in [0.2, 0.25) is 11.8 Å². The van der Waals surface area contributed by atoms with Gasteiger partial charge in [-0.05, 0) is 66.8 Å². The quantitative estimate of drug-likeness (QED) is 0.256. The van der Waals surface area contributed by atoms with Crippen LogP contribution in [0.2, 0.25) is 10.0 Å². The van der Waals surface area contributed by atoms with Crippen LogP contribution in [0.1, 0.15) is 44.7 Å². The van der Waals surface area contributed by atoms with E-state index in [9.17, 15) is 18.0 Å². The van der Waals surface area contributed by atoms with Crippen LogP contribution in [-0.2, 0) is 32.6 Å². The summed E-state index contributed by atoms with van der Waals surface area (Å²) in [5.74, 6) is -0.828. The van der Waals surface area contributed by atoms with E-state index in [-0.39, 0.29) is 17.3 Å². The Morgan fingerprint density at radius 3 is 2.10 bits per heavy atom. The van der Waals surface area contributed by atoms with Crippen LogP contribution in [0.4, 0.5) is 5.69 Å². The number of amides is 2. The average Bonchev–Trinajstić information content (AvgIpc) is 2.96. The van der Waals surface area contributed by atoms with Gasteiger partial charge < -0.3 is 10.2 Å². The maximum Gasteiger partial charge on any atom is 0.264 e. The summed E-state index contributed by atoms with van der Waals surface area (Å²) < 4.78 is 28.8. The van der Waals surface area contributed by atoms with Crippen LogP contribution in [-0.4, -0.2) is 44.3 Å². The summed E-state index contributed by atoms with van der Waals surface area (Å²) >= 11 is 12.3. The van der Waals surface area contributed by atoms with Crippen molar-refractivity contribution in [3.05, 3.63) is 94.0 Å². The third kappa shape index (κ3) is 7.77. The van der Waals surface area contributed by atoms with Crippen LogP contribution in [0.15, 0.2) is 77.7 Å². The smallest absolute Gasteiger partial charge is 0.264 e. The monoisotopic (exact) mass is 603 g/mol. The molecule has 0 heterocycles. The van der Waals surface area contributed by atoms with Gasteiger partial charge in [-0.15, -0.1) is 0 Å². The molecule has 3 rings (SSSR count). The molecule has 40 heavy (non-hydrogen) atoms. The summed E-state index contributed by atoms with van der Waals surface area (Å²) in [7, 11) is -4.11. The predicted octanol–water partition coefficient (Wildman–Crippen LogP) is 6.08. The Hall–Kier alpha value is -3.07. The molecule has 1 atom stereocenters. The summed E-state index contributed by atoms with van der Waals surface area (Å²) in [4.78, 5) is 28.7. The third-order valence-corrected chi connectivity index (χ3v) is 9.04. The second kappa shape index (κ2) is 14.5. The molecule has 10 heteroatoms. The highest BCUT2D eigenvalue weighted by atomic mass is 35.5. The Morgan fingerprint density at radius 1 is 0.875 bits per heavy atom. The fourth-order valence-electron chi connectivity index (χ4n) is 4.27. The van der Waals surface area contributed by atoms with E-state index in [1.165, 1.54) is 17.0 Å². The number of aryl methyl sites for hydroxylation is 1. The molecule has 0 aliphatic carbocycles. The van der Waals surface area contributed by atoms with Crippen molar-refractivity contribution in [3.63, 3.8) is 0 Å². The molecule has 3 aromatic rings. The molecule has 0 spiro atoms. The first-order chi connectivity index (χ1) is 19.1. The van der Waals surface area contributed by atoms with E-state index in [4.69, 9.17) is 23.2 Å². The van der Waals surface area contributed by atoms with E-state index in [0.29, 0.717) is 34.3 Å². The van der Waals surface area contributed by atoms with Crippen LogP contribution in [0.3, 0.4) is 0 Å². The SMILES string of the molecule is CCCNC(=O)[C@@H](CC)N(Cc1ccc(Cl)c(Cl)c1)C(=O)CN(c1ccc(CC)cc1)S(=O)(=O)c1ccccc1. The first kappa shape index (κ1) is 31.5. The molecule has 214 valence electrons. The zero-order valence-corrected chi connectivity index (χ0v) is 25.3. The van der Waals surface area contributed by atoms with Crippen LogP contribution in [0.5, 0.6) is 0 Å². The van der Waals surface area contributed by atoms with E-state index >= 15 is 0 Å². The maximum atomic E-state index is 14.0. The molecule has 0 fully saturated rings. The zero-order valence-electron chi connectivity index (χ0n) is 22.9. The highest BCUT2D eigenvalue weighted by molar-refractivity contribution is 7.92. The van der Waals surface area contributed by atoms with Crippen LogP contribution in [0, 0.1) is 0 Å². The lowest BCUT2D eigenvalue weighted by Crippen LogP contribution is -2.52. The summed E-state index contributed by atoms with van der Waals surface area (Å²) in [5.41, 5.74) is 2.05. The van der Waals surface area contributed by atoms with Crippen molar-refractivity contribution in [1.29, 1.82) is 0 Å². The molecule has 2 amide bonds. The molecule has 0 radical (unpaired) electrons. The van der Waals surface area contributed by atoms with E-state index in [0.717, 1.165) is 22.7 Å². The number of hydrogen-bond donors (Lipinski definition) is 1. The van der Waals surface area contributed by atoms with Crippen molar-refractivity contribution in [1.82, 2.24) is 10.2 Å². The van der Waals surface area contributed by atoms with Crippen LogP contribution < -0.4 is 9.62 Å². The summed E-state index contributed by atoms with van der Waals surface area (Å²) in [6.07, 6.45) is 1.85. The molecule has 0 unspecified atom stereocenters. The van der Waals surface area contributed by atoms with Crippen molar-refractivity contribution in [2.75, 3.05) is 17.4 Å². The summed E-state index contributed by atoms with van der Waals surface area (Å²) in [5, 5.41) is 3.55. The summed E-state index contributed by atoms with van der Waals surface area (Å²) in [6.45, 7) is 5.77. The average molecular weight is 605 g/mol. The van der Waals surface area contributed by atoms with E-state index in [1.54, 1.807) is 48.5 Å². The number of benzene rings is 3. The van der Waals surface area contributed by atoms with Gasteiger partial charge in [-0.25, -0.2) is 8.42 Å². The number of anilines is 1. The Morgan fingerprint density at radius 2 is 1.52 bits per heavy atom. The lowest BCUT2D eigenvalue weighted by molar-refractivity contribution is -0.140. The van der Waals surface area contributed by atoms with Gasteiger partial charge in [-0.1, -0.05) is 80.4 Å². The van der Waals surface area contributed by atoms with Gasteiger partial charge in [0.15, 0.2) is 0 Å². The van der Waals surface area contributed by atoms with Gasteiger partial charge in [0.05, 0.1) is 20.6 Å². The fraction of sp³-hybridized carbons (Fsp3) is 0.333.